The Bertz CT molecular complexity index is 567. The number of methoxy groups -OCH3 is 1. The summed E-state index contributed by atoms with van der Waals surface area (Å²) in [6.45, 7) is 0. The lowest BCUT2D eigenvalue weighted by Crippen LogP contribution is -2.12. The molecule has 0 saturated heterocycles. The lowest BCUT2D eigenvalue weighted by atomic mass is 10.2. The third kappa shape index (κ3) is 3.99. The number of nitrogens with one attached hydrogen (secondary N) is 1. The van der Waals surface area contributed by atoms with E-state index < -0.39 is 0 Å². The van der Waals surface area contributed by atoms with Gasteiger partial charge in [-0.15, -0.1) is 11.3 Å². The van der Waals surface area contributed by atoms with Crippen molar-refractivity contribution in [3.8, 4) is 5.75 Å². The van der Waals surface area contributed by atoms with Crippen LogP contribution in [-0.2, 0) is 11.2 Å². The van der Waals surface area contributed by atoms with Crippen molar-refractivity contribution in [2.75, 3.05) is 18.2 Å². The fourth-order valence-corrected chi connectivity index (χ4v) is 2.62. The SMILES string of the molecule is COc1ccc(NC(=O)CCCc2cccs2)c(N)c1. The van der Waals surface area contributed by atoms with Crippen LogP contribution in [0.25, 0.3) is 0 Å². The topological polar surface area (TPSA) is 64.3 Å². The molecule has 0 fully saturated rings. The minimum Gasteiger partial charge on any atom is -0.497 e. The molecule has 1 amide bonds. The van der Waals surface area contributed by atoms with Crippen LogP contribution in [-0.4, -0.2) is 13.0 Å². The third-order valence-electron chi connectivity index (χ3n) is 2.94. The molecule has 0 unspecified atom stereocenters. The van der Waals surface area contributed by atoms with E-state index in [1.807, 2.05) is 11.4 Å². The summed E-state index contributed by atoms with van der Waals surface area (Å²) >= 11 is 1.72. The van der Waals surface area contributed by atoms with Gasteiger partial charge in [0.2, 0.25) is 5.91 Å². The van der Waals surface area contributed by atoms with Crippen molar-refractivity contribution >= 4 is 28.6 Å². The molecule has 0 aliphatic carbocycles. The number of benzene rings is 1. The molecule has 0 aliphatic heterocycles. The normalized spacial score (nSPS) is 10.2. The lowest BCUT2D eigenvalue weighted by Gasteiger charge is -2.09. The summed E-state index contributed by atoms with van der Waals surface area (Å²) in [5, 5.41) is 4.87. The Morgan fingerprint density at radius 2 is 2.25 bits per heavy atom. The molecule has 0 radical (unpaired) electrons. The van der Waals surface area contributed by atoms with Gasteiger partial charge in [0.1, 0.15) is 5.75 Å². The van der Waals surface area contributed by atoms with Gasteiger partial charge >= 0.3 is 0 Å². The molecule has 3 N–H and O–H groups in total. The number of amides is 1. The zero-order valence-corrected chi connectivity index (χ0v) is 12.2. The fourth-order valence-electron chi connectivity index (χ4n) is 1.87. The molecule has 1 heterocycles. The van der Waals surface area contributed by atoms with E-state index in [-0.39, 0.29) is 5.91 Å². The van der Waals surface area contributed by atoms with E-state index >= 15 is 0 Å². The van der Waals surface area contributed by atoms with E-state index in [4.69, 9.17) is 10.5 Å². The Balaban J connectivity index is 1.82. The minimum atomic E-state index is -0.0153. The number of aryl methyl sites for hydroxylation is 1. The van der Waals surface area contributed by atoms with Crippen molar-refractivity contribution < 1.29 is 9.53 Å². The molecule has 0 aliphatic rings. The highest BCUT2D eigenvalue weighted by molar-refractivity contribution is 7.09. The molecule has 4 nitrogen and oxygen atoms in total. The number of hydrogen-bond donors (Lipinski definition) is 2. The van der Waals surface area contributed by atoms with E-state index in [9.17, 15) is 4.79 Å². The van der Waals surface area contributed by atoms with Crippen LogP contribution in [0.15, 0.2) is 35.7 Å². The molecule has 1 aromatic heterocycles. The number of carbonyl (C=O) groups is 1. The van der Waals surface area contributed by atoms with Gasteiger partial charge in [0.15, 0.2) is 0 Å². The maximum absolute atomic E-state index is 11.9. The first-order valence-corrected chi connectivity index (χ1v) is 7.33. The summed E-state index contributed by atoms with van der Waals surface area (Å²) in [5.41, 5.74) is 7.00. The van der Waals surface area contributed by atoms with Gasteiger partial charge in [-0.1, -0.05) is 6.07 Å². The molecule has 106 valence electrons. The monoisotopic (exact) mass is 290 g/mol. The summed E-state index contributed by atoms with van der Waals surface area (Å²) in [4.78, 5) is 13.2. The van der Waals surface area contributed by atoms with E-state index in [0.717, 1.165) is 12.8 Å². The number of thiophene rings is 1. The summed E-state index contributed by atoms with van der Waals surface area (Å²) in [6.07, 6.45) is 2.26. The van der Waals surface area contributed by atoms with Crippen molar-refractivity contribution in [2.45, 2.75) is 19.3 Å². The highest BCUT2D eigenvalue weighted by Crippen LogP contribution is 2.24. The van der Waals surface area contributed by atoms with Crippen LogP contribution in [0.4, 0.5) is 11.4 Å². The zero-order chi connectivity index (χ0) is 14.4. The summed E-state index contributed by atoms with van der Waals surface area (Å²) < 4.78 is 5.07. The smallest absolute Gasteiger partial charge is 0.224 e. The van der Waals surface area contributed by atoms with Gasteiger partial charge in [-0.25, -0.2) is 0 Å². The van der Waals surface area contributed by atoms with E-state index in [1.165, 1.54) is 4.88 Å². The van der Waals surface area contributed by atoms with Gasteiger partial charge < -0.3 is 15.8 Å². The van der Waals surface area contributed by atoms with Gasteiger partial charge in [-0.2, -0.15) is 0 Å². The minimum absolute atomic E-state index is 0.0153. The second-order valence-corrected chi connectivity index (χ2v) is 5.47. The van der Waals surface area contributed by atoms with Gasteiger partial charge in [0, 0.05) is 17.4 Å². The number of ether oxygens (including phenoxy) is 1. The molecular weight excluding hydrogens is 272 g/mol. The number of carbonyl (C=O) groups excluding carboxylic acids is 1. The fraction of sp³-hybridized carbons (Fsp3) is 0.267. The first-order valence-electron chi connectivity index (χ1n) is 6.45. The lowest BCUT2D eigenvalue weighted by molar-refractivity contribution is -0.116. The van der Waals surface area contributed by atoms with Crippen molar-refractivity contribution in [3.63, 3.8) is 0 Å². The number of rotatable bonds is 6. The van der Waals surface area contributed by atoms with Crippen molar-refractivity contribution in [3.05, 3.63) is 40.6 Å². The molecule has 0 spiro atoms. The van der Waals surface area contributed by atoms with Crippen LogP contribution in [0.5, 0.6) is 5.75 Å². The van der Waals surface area contributed by atoms with Crippen LogP contribution in [0.2, 0.25) is 0 Å². The van der Waals surface area contributed by atoms with Crippen molar-refractivity contribution in [2.24, 2.45) is 0 Å². The van der Waals surface area contributed by atoms with Crippen LogP contribution >= 0.6 is 11.3 Å². The van der Waals surface area contributed by atoms with Gasteiger partial charge in [-0.05, 0) is 36.4 Å². The van der Waals surface area contributed by atoms with Crippen molar-refractivity contribution in [1.29, 1.82) is 0 Å². The number of nitrogen functional groups attached to an aromatic ring is 1. The Morgan fingerprint density at radius 3 is 2.90 bits per heavy atom. The maximum atomic E-state index is 11.9. The average molecular weight is 290 g/mol. The molecule has 2 rings (SSSR count). The van der Waals surface area contributed by atoms with Gasteiger partial charge in [0.25, 0.3) is 0 Å². The molecule has 2 aromatic rings. The highest BCUT2D eigenvalue weighted by Gasteiger charge is 2.06. The Hall–Kier alpha value is -2.01. The molecule has 0 atom stereocenters. The summed E-state index contributed by atoms with van der Waals surface area (Å²) in [7, 11) is 1.58. The standard InChI is InChI=1S/C15H18N2O2S/c1-19-11-7-8-14(13(16)10-11)17-15(18)6-2-4-12-5-3-9-20-12/h3,5,7-10H,2,4,6,16H2,1H3,(H,17,18). The number of anilines is 2. The zero-order valence-electron chi connectivity index (χ0n) is 11.4. The van der Waals surface area contributed by atoms with Gasteiger partial charge in [-0.3, -0.25) is 4.79 Å². The molecule has 20 heavy (non-hydrogen) atoms. The van der Waals surface area contributed by atoms with E-state index in [2.05, 4.69) is 11.4 Å². The highest BCUT2D eigenvalue weighted by atomic mass is 32.1. The van der Waals surface area contributed by atoms with Crippen LogP contribution in [0, 0.1) is 0 Å². The van der Waals surface area contributed by atoms with E-state index in [1.54, 1.807) is 36.6 Å². The molecular formula is C15H18N2O2S. The Kier molecular flexibility index (Phi) is 5.01. The Labute approximate surface area is 122 Å². The van der Waals surface area contributed by atoms with Crippen LogP contribution < -0.4 is 15.8 Å². The molecule has 0 saturated carbocycles. The first kappa shape index (κ1) is 14.4. The maximum Gasteiger partial charge on any atom is 0.224 e. The first-order chi connectivity index (χ1) is 9.69. The number of nitrogens with two attached hydrogens (primary N) is 1. The summed E-state index contributed by atoms with van der Waals surface area (Å²) in [5.74, 6) is 0.664. The van der Waals surface area contributed by atoms with Gasteiger partial charge in [0.05, 0.1) is 18.5 Å². The quantitative estimate of drug-likeness (QED) is 0.802. The largest absolute Gasteiger partial charge is 0.497 e. The predicted molar refractivity (Wildman–Crippen MR) is 83.3 cm³/mol. The summed E-state index contributed by atoms with van der Waals surface area (Å²) in [6, 6.07) is 9.34. The Morgan fingerprint density at radius 1 is 1.40 bits per heavy atom. The predicted octanol–water partition coefficient (Wildman–Crippen LogP) is 3.30. The van der Waals surface area contributed by atoms with Crippen LogP contribution in [0.1, 0.15) is 17.7 Å². The van der Waals surface area contributed by atoms with Crippen molar-refractivity contribution in [1.82, 2.24) is 0 Å². The van der Waals surface area contributed by atoms with Crippen LogP contribution in [0.3, 0.4) is 0 Å². The molecule has 0 bridgehead atoms. The van der Waals surface area contributed by atoms with E-state index in [0.29, 0.717) is 23.5 Å². The second-order valence-electron chi connectivity index (χ2n) is 4.43. The second kappa shape index (κ2) is 6.96. The molecule has 5 heteroatoms. The molecule has 1 aromatic carbocycles. The number of hydrogen-bond acceptors (Lipinski definition) is 4. The average Bonchev–Trinajstić information content (AvgIpc) is 2.94. The third-order valence-corrected chi connectivity index (χ3v) is 3.88.